The smallest absolute Gasteiger partial charge is 0.279 e. The van der Waals surface area contributed by atoms with E-state index in [1.807, 2.05) is 29.8 Å². The van der Waals surface area contributed by atoms with E-state index in [1.165, 1.54) is 49.7 Å². The highest BCUT2D eigenvalue weighted by Gasteiger charge is 2.17. The molecule has 136 valence electrons. The number of sulfonamides is 1. The maximum atomic E-state index is 12.5. The monoisotopic (exact) mass is 453 g/mol. The third-order valence-electron chi connectivity index (χ3n) is 3.85. The molecule has 0 bridgehead atoms. The third kappa shape index (κ3) is 3.39. The molecule has 0 aliphatic carbocycles. The van der Waals surface area contributed by atoms with Crippen LogP contribution in [-0.2, 0) is 17.1 Å². The van der Waals surface area contributed by atoms with E-state index in [0.29, 0.717) is 10.4 Å². The van der Waals surface area contributed by atoms with Gasteiger partial charge < -0.3 is 4.57 Å². The minimum Gasteiger partial charge on any atom is -0.318 e. The normalized spacial score (nSPS) is 12.9. The maximum Gasteiger partial charge on any atom is 0.279 e. The zero-order valence-corrected chi connectivity index (χ0v) is 17.5. The lowest BCUT2D eigenvalue weighted by Gasteiger charge is -2.11. The van der Waals surface area contributed by atoms with Crippen molar-refractivity contribution < 1.29 is 13.2 Å². The molecule has 3 aromatic rings. The minimum atomic E-state index is -3.52. The second-order valence-electron chi connectivity index (χ2n) is 5.76. The lowest BCUT2D eigenvalue weighted by Crippen LogP contribution is -2.22. The van der Waals surface area contributed by atoms with Crippen LogP contribution in [0.4, 0.5) is 0 Å². The Labute approximate surface area is 163 Å². The predicted molar refractivity (Wildman–Crippen MR) is 106 cm³/mol. The molecule has 26 heavy (non-hydrogen) atoms. The van der Waals surface area contributed by atoms with Gasteiger partial charge >= 0.3 is 0 Å². The summed E-state index contributed by atoms with van der Waals surface area (Å²) in [6.07, 6.45) is 0. The molecule has 0 spiro atoms. The van der Waals surface area contributed by atoms with Crippen molar-refractivity contribution in [3.05, 3.63) is 57.3 Å². The van der Waals surface area contributed by atoms with Gasteiger partial charge in [-0.25, -0.2) is 12.7 Å². The van der Waals surface area contributed by atoms with E-state index >= 15 is 0 Å². The second kappa shape index (κ2) is 7.07. The molecule has 3 rings (SSSR count). The molecule has 0 saturated heterocycles. The maximum absolute atomic E-state index is 12.5. The first-order chi connectivity index (χ1) is 12.2. The van der Waals surface area contributed by atoms with Crippen molar-refractivity contribution in [2.24, 2.45) is 12.0 Å². The molecule has 9 heteroatoms. The summed E-state index contributed by atoms with van der Waals surface area (Å²) in [5, 5.41) is 0. The van der Waals surface area contributed by atoms with E-state index in [4.69, 9.17) is 0 Å². The number of aryl methyl sites for hydroxylation is 1. The molecule has 0 saturated carbocycles. The van der Waals surface area contributed by atoms with Crippen LogP contribution < -0.4 is 4.80 Å². The van der Waals surface area contributed by atoms with Crippen LogP contribution in [0.1, 0.15) is 10.4 Å². The zero-order valence-electron chi connectivity index (χ0n) is 14.3. The summed E-state index contributed by atoms with van der Waals surface area (Å²) < 4.78 is 29.1. The van der Waals surface area contributed by atoms with Gasteiger partial charge in [-0.3, -0.25) is 4.79 Å². The largest absolute Gasteiger partial charge is 0.318 e. The summed E-state index contributed by atoms with van der Waals surface area (Å²) in [6.45, 7) is 0. The van der Waals surface area contributed by atoms with Crippen molar-refractivity contribution in [1.82, 2.24) is 8.87 Å². The fraction of sp³-hybridized carbons (Fsp3) is 0.176. The van der Waals surface area contributed by atoms with Gasteiger partial charge in [-0.05, 0) is 52.3 Å². The Morgan fingerprint density at radius 2 is 1.81 bits per heavy atom. The van der Waals surface area contributed by atoms with Crippen LogP contribution in [0.3, 0.4) is 0 Å². The Kier molecular flexibility index (Phi) is 5.16. The number of thiazole rings is 1. The molecule has 0 atom stereocenters. The number of carbonyl (C=O) groups is 1. The fourth-order valence-corrected chi connectivity index (χ4v) is 5.10. The van der Waals surface area contributed by atoms with Gasteiger partial charge in [-0.2, -0.15) is 4.99 Å². The summed E-state index contributed by atoms with van der Waals surface area (Å²) in [5.74, 6) is -0.419. The molecule has 0 aliphatic heterocycles. The van der Waals surface area contributed by atoms with E-state index in [2.05, 4.69) is 20.9 Å². The van der Waals surface area contributed by atoms with Crippen molar-refractivity contribution in [2.45, 2.75) is 4.90 Å². The van der Waals surface area contributed by atoms with Gasteiger partial charge in [0.2, 0.25) is 10.0 Å². The number of amides is 1. The van der Waals surface area contributed by atoms with Gasteiger partial charge in [-0.15, -0.1) is 0 Å². The highest BCUT2D eigenvalue weighted by molar-refractivity contribution is 9.10. The van der Waals surface area contributed by atoms with E-state index in [9.17, 15) is 13.2 Å². The number of hydrogen-bond donors (Lipinski definition) is 0. The van der Waals surface area contributed by atoms with Gasteiger partial charge in [0.25, 0.3) is 5.91 Å². The topological polar surface area (TPSA) is 71.7 Å². The average molecular weight is 454 g/mol. The van der Waals surface area contributed by atoms with Crippen molar-refractivity contribution in [1.29, 1.82) is 0 Å². The summed E-state index contributed by atoms with van der Waals surface area (Å²) in [4.78, 5) is 17.4. The first-order valence-electron chi connectivity index (χ1n) is 7.57. The zero-order chi connectivity index (χ0) is 19.1. The van der Waals surface area contributed by atoms with E-state index < -0.39 is 15.9 Å². The summed E-state index contributed by atoms with van der Waals surface area (Å²) in [6, 6.07) is 11.6. The van der Waals surface area contributed by atoms with Crippen LogP contribution in [0.5, 0.6) is 0 Å². The number of para-hydroxylation sites is 1. The van der Waals surface area contributed by atoms with Gasteiger partial charge in [0.1, 0.15) is 0 Å². The van der Waals surface area contributed by atoms with E-state index in [0.717, 1.165) is 19.0 Å². The molecular weight excluding hydrogens is 438 g/mol. The number of benzene rings is 2. The number of carbonyl (C=O) groups excluding carboxylic acids is 1. The number of rotatable bonds is 3. The summed E-state index contributed by atoms with van der Waals surface area (Å²) in [5.41, 5.74) is 1.30. The van der Waals surface area contributed by atoms with Crippen LogP contribution in [-0.4, -0.2) is 37.3 Å². The molecule has 1 amide bonds. The fourth-order valence-electron chi connectivity index (χ4n) is 2.40. The Hall–Kier alpha value is -1.81. The quantitative estimate of drug-likeness (QED) is 0.611. The standard InChI is InChI=1S/C17H16BrN3O3S2/c1-20(2)26(23,24)12-9-7-11(8-10-12)16(22)19-17-21(3)15-13(18)5-4-6-14(15)25-17/h4-10H,1-3H3. The first-order valence-corrected chi connectivity index (χ1v) is 10.6. The molecular formula is C17H16BrN3O3S2. The Balaban J connectivity index is 2.00. The number of fused-ring (bicyclic) bond motifs is 1. The Morgan fingerprint density at radius 1 is 1.15 bits per heavy atom. The molecule has 0 radical (unpaired) electrons. The molecule has 0 aliphatic rings. The lowest BCUT2D eigenvalue weighted by atomic mass is 10.2. The van der Waals surface area contributed by atoms with Crippen LogP contribution in [0.15, 0.2) is 56.8 Å². The van der Waals surface area contributed by atoms with Gasteiger partial charge in [0.15, 0.2) is 4.80 Å². The molecule has 0 fully saturated rings. The van der Waals surface area contributed by atoms with Gasteiger partial charge in [-0.1, -0.05) is 17.4 Å². The number of aromatic nitrogens is 1. The third-order valence-corrected chi connectivity index (χ3v) is 7.42. The second-order valence-corrected chi connectivity index (χ2v) is 9.77. The van der Waals surface area contributed by atoms with Crippen LogP contribution in [0.2, 0.25) is 0 Å². The van der Waals surface area contributed by atoms with Crippen LogP contribution >= 0.6 is 27.3 Å². The summed E-state index contributed by atoms with van der Waals surface area (Å²) >= 11 is 4.92. The minimum absolute atomic E-state index is 0.135. The summed E-state index contributed by atoms with van der Waals surface area (Å²) in [7, 11) is 1.25. The molecule has 0 N–H and O–H groups in total. The number of halogens is 1. The van der Waals surface area contributed by atoms with E-state index in [1.54, 1.807) is 0 Å². The van der Waals surface area contributed by atoms with Crippen molar-refractivity contribution in [3.63, 3.8) is 0 Å². The highest BCUT2D eigenvalue weighted by atomic mass is 79.9. The predicted octanol–water partition coefficient (Wildman–Crippen LogP) is 2.99. The number of hydrogen-bond acceptors (Lipinski definition) is 4. The highest BCUT2D eigenvalue weighted by Crippen LogP contribution is 2.25. The lowest BCUT2D eigenvalue weighted by molar-refractivity contribution is 0.0998. The molecule has 0 unspecified atom stereocenters. The van der Waals surface area contributed by atoms with Crippen molar-refractivity contribution in [3.8, 4) is 0 Å². The van der Waals surface area contributed by atoms with Gasteiger partial charge in [0.05, 0.1) is 15.1 Å². The van der Waals surface area contributed by atoms with E-state index in [-0.39, 0.29) is 4.90 Å². The molecule has 2 aromatic carbocycles. The average Bonchev–Trinajstić information content (AvgIpc) is 2.92. The molecule has 1 aromatic heterocycles. The number of nitrogens with zero attached hydrogens (tertiary/aromatic N) is 3. The van der Waals surface area contributed by atoms with Gasteiger partial charge in [0, 0.05) is 31.2 Å². The van der Waals surface area contributed by atoms with Crippen molar-refractivity contribution in [2.75, 3.05) is 14.1 Å². The van der Waals surface area contributed by atoms with Crippen LogP contribution in [0.25, 0.3) is 10.2 Å². The van der Waals surface area contributed by atoms with Crippen LogP contribution in [0, 0.1) is 0 Å². The Bertz CT molecular complexity index is 1160. The first kappa shape index (κ1) is 19.0. The SMILES string of the molecule is CN(C)S(=O)(=O)c1ccc(C(=O)N=c2sc3cccc(Br)c3n2C)cc1. The molecule has 6 nitrogen and oxygen atoms in total. The Morgan fingerprint density at radius 3 is 2.38 bits per heavy atom. The van der Waals surface area contributed by atoms with Crippen molar-refractivity contribution >= 4 is 53.4 Å². The molecule has 1 heterocycles.